The monoisotopic (exact) mass is 236 g/mol. The van der Waals surface area contributed by atoms with E-state index in [2.05, 4.69) is 0 Å². The van der Waals surface area contributed by atoms with Gasteiger partial charge in [-0.15, -0.1) is 0 Å². The highest BCUT2D eigenvalue weighted by atomic mass is 16.5. The van der Waals surface area contributed by atoms with Gasteiger partial charge in [-0.2, -0.15) is 0 Å². The molecule has 0 radical (unpaired) electrons. The van der Waals surface area contributed by atoms with Crippen molar-refractivity contribution < 1.29 is 24.2 Å². The van der Waals surface area contributed by atoms with E-state index in [0.29, 0.717) is 23.5 Å². The zero-order chi connectivity index (χ0) is 12.4. The van der Waals surface area contributed by atoms with Crippen LogP contribution in [0, 0.1) is 0 Å². The van der Waals surface area contributed by atoms with Crippen LogP contribution in [0.25, 0.3) is 0 Å². The average Bonchev–Trinajstić information content (AvgIpc) is 2.69. The van der Waals surface area contributed by atoms with E-state index in [1.54, 1.807) is 25.1 Å². The number of hydrogen-bond donors (Lipinski definition) is 1. The molecule has 0 bridgehead atoms. The molecule has 1 aromatic rings. The maximum atomic E-state index is 11.4. The molecular weight excluding hydrogens is 224 g/mol. The molecule has 1 aromatic carbocycles. The third kappa shape index (κ3) is 2.08. The third-order valence-corrected chi connectivity index (χ3v) is 2.54. The Morgan fingerprint density at radius 2 is 2.35 bits per heavy atom. The Morgan fingerprint density at radius 3 is 3.00 bits per heavy atom. The summed E-state index contributed by atoms with van der Waals surface area (Å²) in [6.07, 6.45) is -0.590. The number of carboxylic acids is 1. The van der Waals surface area contributed by atoms with Gasteiger partial charge >= 0.3 is 5.97 Å². The van der Waals surface area contributed by atoms with Gasteiger partial charge in [-0.25, -0.2) is 4.79 Å². The Balaban J connectivity index is 2.28. The average molecular weight is 236 g/mol. The Bertz CT molecular complexity index is 466. The van der Waals surface area contributed by atoms with Crippen LogP contribution in [0.3, 0.4) is 0 Å². The van der Waals surface area contributed by atoms with Gasteiger partial charge in [0.05, 0.1) is 5.56 Å². The molecule has 5 heteroatoms. The number of ketones is 1. The third-order valence-electron chi connectivity index (χ3n) is 2.54. The molecule has 0 fully saturated rings. The first-order valence-corrected chi connectivity index (χ1v) is 5.32. The highest BCUT2D eigenvalue weighted by molar-refractivity contribution is 6.03. The van der Waals surface area contributed by atoms with Gasteiger partial charge < -0.3 is 14.6 Å². The summed E-state index contributed by atoms with van der Waals surface area (Å²) in [6.45, 7) is 1.70. The van der Waals surface area contributed by atoms with Gasteiger partial charge in [-0.3, -0.25) is 4.79 Å². The van der Waals surface area contributed by atoms with Crippen molar-refractivity contribution in [3.8, 4) is 11.5 Å². The van der Waals surface area contributed by atoms with Crippen molar-refractivity contribution in [1.82, 2.24) is 0 Å². The van der Waals surface area contributed by atoms with E-state index in [1.165, 1.54) is 0 Å². The number of carboxylic acid groups (broad SMARTS) is 1. The standard InChI is InChI=1S/C12H12O5/c1-2-9(12(14)15)17-10-5-3-4-7-8(13)6-16-11(7)10/h3-5,9H,2,6H2,1H3,(H,14,15). The number of ether oxygens (including phenoxy) is 2. The minimum atomic E-state index is -1.03. The van der Waals surface area contributed by atoms with Crippen LogP contribution in [0.1, 0.15) is 23.7 Å². The second-order valence-corrected chi connectivity index (χ2v) is 3.70. The highest BCUT2D eigenvalue weighted by Gasteiger charge is 2.27. The largest absolute Gasteiger partial charge is 0.481 e. The highest BCUT2D eigenvalue weighted by Crippen LogP contribution is 2.36. The van der Waals surface area contributed by atoms with Gasteiger partial charge in [0.1, 0.15) is 0 Å². The van der Waals surface area contributed by atoms with Crippen LogP contribution in [0.2, 0.25) is 0 Å². The number of fused-ring (bicyclic) bond motifs is 1. The van der Waals surface area contributed by atoms with Gasteiger partial charge in [-0.1, -0.05) is 13.0 Å². The van der Waals surface area contributed by atoms with Crippen molar-refractivity contribution in [3.63, 3.8) is 0 Å². The van der Waals surface area contributed by atoms with Gasteiger partial charge in [0, 0.05) is 0 Å². The lowest BCUT2D eigenvalue weighted by Crippen LogP contribution is -2.26. The van der Waals surface area contributed by atoms with Crippen molar-refractivity contribution in [2.24, 2.45) is 0 Å². The smallest absolute Gasteiger partial charge is 0.344 e. The molecule has 0 saturated carbocycles. The molecule has 0 aliphatic carbocycles. The molecule has 90 valence electrons. The molecule has 1 unspecified atom stereocenters. The van der Waals surface area contributed by atoms with Crippen LogP contribution in [-0.2, 0) is 4.79 Å². The van der Waals surface area contributed by atoms with Gasteiger partial charge in [0.15, 0.2) is 24.2 Å². The number of carbonyl (C=O) groups is 2. The predicted octanol–water partition coefficient (Wildman–Crippen LogP) is 1.50. The fourth-order valence-corrected chi connectivity index (χ4v) is 1.65. The maximum Gasteiger partial charge on any atom is 0.344 e. The van der Waals surface area contributed by atoms with Crippen molar-refractivity contribution >= 4 is 11.8 Å². The van der Waals surface area contributed by atoms with E-state index in [0.717, 1.165) is 0 Å². The van der Waals surface area contributed by atoms with Crippen LogP contribution in [0.15, 0.2) is 18.2 Å². The molecule has 0 amide bonds. The number of Topliss-reactive ketones (excluding diaryl/α,β-unsaturated/α-hetero) is 1. The normalized spacial score (nSPS) is 15.0. The lowest BCUT2D eigenvalue weighted by atomic mass is 10.1. The van der Waals surface area contributed by atoms with E-state index >= 15 is 0 Å². The number of para-hydroxylation sites is 1. The first-order valence-electron chi connectivity index (χ1n) is 5.32. The molecule has 0 spiro atoms. The lowest BCUT2D eigenvalue weighted by molar-refractivity contribution is -0.145. The van der Waals surface area contributed by atoms with E-state index < -0.39 is 12.1 Å². The second kappa shape index (κ2) is 4.45. The van der Waals surface area contributed by atoms with Crippen molar-refractivity contribution in [3.05, 3.63) is 23.8 Å². The molecule has 2 rings (SSSR count). The summed E-state index contributed by atoms with van der Waals surface area (Å²) < 4.78 is 10.5. The molecule has 0 saturated heterocycles. The molecule has 1 N–H and O–H groups in total. The Hall–Kier alpha value is -2.04. The van der Waals surface area contributed by atoms with E-state index in [-0.39, 0.29) is 12.4 Å². The van der Waals surface area contributed by atoms with Gasteiger partial charge in [0.2, 0.25) is 5.78 Å². The van der Waals surface area contributed by atoms with Crippen LogP contribution in [0.4, 0.5) is 0 Å². The van der Waals surface area contributed by atoms with Crippen molar-refractivity contribution in [1.29, 1.82) is 0 Å². The molecule has 5 nitrogen and oxygen atoms in total. The first-order chi connectivity index (χ1) is 8.13. The summed E-state index contributed by atoms with van der Waals surface area (Å²) in [5.74, 6) is -0.497. The molecule has 1 aliphatic heterocycles. The van der Waals surface area contributed by atoms with Crippen molar-refractivity contribution in [2.45, 2.75) is 19.4 Å². The first kappa shape index (κ1) is 11.4. The van der Waals surface area contributed by atoms with Crippen LogP contribution in [-0.4, -0.2) is 29.6 Å². The quantitative estimate of drug-likeness (QED) is 0.857. The summed E-state index contributed by atoms with van der Waals surface area (Å²) in [7, 11) is 0. The fourth-order valence-electron chi connectivity index (χ4n) is 1.65. The second-order valence-electron chi connectivity index (χ2n) is 3.70. The van der Waals surface area contributed by atoms with Crippen LogP contribution < -0.4 is 9.47 Å². The van der Waals surface area contributed by atoms with Gasteiger partial charge in [0.25, 0.3) is 0 Å². The summed E-state index contributed by atoms with van der Waals surface area (Å²) in [5.41, 5.74) is 0.447. The molecule has 0 aromatic heterocycles. The maximum absolute atomic E-state index is 11.4. The molecule has 1 aliphatic rings. The number of aliphatic carboxylic acids is 1. The molecule has 17 heavy (non-hydrogen) atoms. The topological polar surface area (TPSA) is 72.8 Å². The number of hydrogen-bond acceptors (Lipinski definition) is 4. The summed E-state index contributed by atoms with van der Waals surface area (Å²) in [6, 6.07) is 4.89. The summed E-state index contributed by atoms with van der Waals surface area (Å²) in [4.78, 5) is 22.3. The zero-order valence-electron chi connectivity index (χ0n) is 9.30. The fraction of sp³-hybridized carbons (Fsp3) is 0.333. The van der Waals surface area contributed by atoms with Crippen molar-refractivity contribution in [2.75, 3.05) is 6.61 Å². The molecule has 1 atom stereocenters. The van der Waals surface area contributed by atoms with E-state index in [9.17, 15) is 9.59 Å². The number of rotatable bonds is 4. The van der Waals surface area contributed by atoms with Crippen LogP contribution in [0.5, 0.6) is 11.5 Å². The number of benzene rings is 1. The Morgan fingerprint density at radius 1 is 1.59 bits per heavy atom. The van der Waals surface area contributed by atoms with E-state index in [1.807, 2.05) is 0 Å². The molecular formula is C12H12O5. The Labute approximate surface area is 98.0 Å². The SMILES string of the molecule is CCC(Oc1cccc2c1OCC2=O)C(=O)O. The summed E-state index contributed by atoms with van der Waals surface area (Å²) >= 11 is 0. The predicted molar refractivity (Wildman–Crippen MR) is 58.6 cm³/mol. The van der Waals surface area contributed by atoms with E-state index in [4.69, 9.17) is 14.6 Å². The molecule has 1 heterocycles. The Kier molecular flexibility index (Phi) is 2.99. The summed E-state index contributed by atoms with van der Waals surface area (Å²) in [5, 5.41) is 8.90. The minimum absolute atomic E-state index is 0.0143. The number of carbonyl (C=O) groups excluding carboxylic acids is 1. The van der Waals surface area contributed by atoms with Crippen LogP contribution >= 0.6 is 0 Å². The van der Waals surface area contributed by atoms with Gasteiger partial charge in [-0.05, 0) is 18.6 Å². The zero-order valence-corrected chi connectivity index (χ0v) is 9.30. The lowest BCUT2D eigenvalue weighted by Gasteiger charge is -2.14. The minimum Gasteiger partial charge on any atom is -0.481 e.